The van der Waals surface area contributed by atoms with Crippen LogP contribution < -0.4 is 14.4 Å². The highest BCUT2D eigenvalue weighted by atomic mass is 32.1. The lowest BCUT2D eigenvalue weighted by atomic mass is 9.94. The Morgan fingerprint density at radius 1 is 1.10 bits per heavy atom. The van der Waals surface area contributed by atoms with Crippen LogP contribution in [0.3, 0.4) is 0 Å². The highest BCUT2D eigenvalue weighted by Gasteiger charge is 2.48. The number of anilines is 1. The summed E-state index contributed by atoms with van der Waals surface area (Å²) in [7, 11) is 0. The van der Waals surface area contributed by atoms with Gasteiger partial charge in [-0.25, -0.2) is 4.98 Å². The molecule has 42 heavy (non-hydrogen) atoms. The van der Waals surface area contributed by atoms with Gasteiger partial charge >= 0.3 is 5.91 Å². The number of aromatic nitrogens is 1. The molecule has 1 saturated heterocycles. The highest BCUT2D eigenvalue weighted by Crippen LogP contribution is 2.45. The minimum absolute atomic E-state index is 0.00483. The maximum atomic E-state index is 13.6. The van der Waals surface area contributed by atoms with Gasteiger partial charge in [0.1, 0.15) is 30.0 Å². The predicted molar refractivity (Wildman–Crippen MR) is 159 cm³/mol. The zero-order valence-electron chi connectivity index (χ0n) is 23.3. The fourth-order valence-electron chi connectivity index (χ4n) is 5.40. The molecule has 0 bridgehead atoms. The van der Waals surface area contributed by atoms with E-state index in [0.717, 1.165) is 28.2 Å². The number of carbonyl (C=O) groups excluding carboxylic acids is 3. The Balaban J connectivity index is 1.46. The maximum Gasteiger partial charge on any atom is 0.301 e. The summed E-state index contributed by atoms with van der Waals surface area (Å²) in [6, 6.07) is 21.0. The molecule has 4 aromatic rings. The summed E-state index contributed by atoms with van der Waals surface area (Å²) in [5.74, 6) is -0.886. The second-order valence-electron chi connectivity index (χ2n) is 10.4. The molecule has 6 rings (SSSR count). The summed E-state index contributed by atoms with van der Waals surface area (Å²) in [6.07, 6.45) is 0.673. The number of nitrogens with zero attached hydrogens (tertiary/aromatic N) is 2. The van der Waals surface area contributed by atoms with E-state index >= 15 is 0 Å². The van der Waals surface area contributed by atoms with E-state index in [-0.39, 0.29) is 28.4 Å². The molecule has 2 aliphatic heterocycles. The van der Waals surface area contributed by atoms with Gasteiger partial charge in [-0.05, 0) is 60.9 Å². The number of ether oxygens (including phenoxy) is 2. The number of aliphatic hydroxyl groups is 1. The fraction of sp³-hybridized carbons (Fsp3) is 0.212. The van der Waals surface area contributed by atoms with Crippen molar-refractivity contribution in [2.75, 3.05) is 4.90 Å². The Hall–Kier alpha value is -4.76. The largest absolute Gasteiger partial charge is 0.507 e. The van der Waals surface area contributed by atoms with Crippen LogP contribution in [0, 0.1) is 6.92 Å². The topological polar surface area (TPSA) is 106 Å². The average Bonchev–Trinajstić information content (AvgIpc) is 3.64. The van der Waals surface area contributed by atoms with E-state index in [4.69, 9.17) is 9.47 Å². The van der Waals surface area contributed by atoms with Crippen LogP contribution in [-0.2, 0) is 22.6 Å². The van der Waals surface area contributed by atoms with E-state index in [9.17, 15) is 19.5 Å². The van der Waals surface area contributed by atoms with E-state index in [1.807, 2.05) is 37.3 Å². The minimum atomic E-state index is -1.00. The molecule has 0 saturated carbocycles. The van der Waals surface area contributed by atoms with Crippen molar-refractivity contribution in [1.29, 1.82) is 0 Å². The molecular weight excluding hydrogens is 552 g/mol. The van der Waals surface area contributed by atoms with Gasteiger partial charge in [0.2, 0.25) is 0 Å². The van der Waals surface area contributed by atoms with Gasteiger partial charge in [-0.2, -0.15) is 0 Å². The van der Waals surface area contributed by atoms with E-state index in [0.29, 0.717) is 40.5 Å². The molecule has 3 heterocycles. The zero-order valence-corrected chi connectivity index (χ0v) is 24.1. The van der Waals surface area contributed by atoms with E-state index in [1.165, 1.54) is 11.8 Å². The number of aryl methyl sites for hydroxylation is 1. The monoisotopic (exact) mass is 580 g/mol. The number of hydrogen-bond acceptors (Lipinski definition) is 8. The lowest BCUT2D eigenvalue weighted by Crippen LogP contribution is -2.29. The molecule has 1 fully saturated rings. The Morgan fingerprint density at radius 3 is 2.62 bits per heavy atom. The number of rotatable bonds is 7. The average molecular weight is 581 g/mol. The second-order valence-corrected chi connectivity index (χ2v) is 11.4. The first-order chi connectivity index (χ1) is 20.2. The molecule has 3 aromatic carbocycles. The Morgan fingerprint density at radius 2 is 1.88 bits per heavy atom. The van der Waals surface area contributed by atoms with Crippen LogP contribution in [0.25, 0.3) is 5.76 Å². The molecule has 0 aliphatic carbocycles. The van der Waals surface area contributed by atoms with Crippen molar-refractivity contribution in [2.45, 2.75) is 45.9 Å². The van der Waals surface area contributed by atoms with Crippen molar-refractivity contribution >= 4 is 39.7 Å². The van der Waals surface area contributed by atoms with Crippen LogP contribution in [0.2, 0.25) is 0 Å². The van der Waals surface area contributed by atoms with Crippen molar-refractivity contribution in [1.82, 2.24) is 4.98 Å². The summed E-state index contributed by atoms with van der Waals surface area (Å²) in [4.78, 5) is 45.6. The van der Waals surface area contributed by atoms with Gasteiger partial charge < -0.3 is 14.6 Å². The summed E-state index contributed by atoms with van der Waals surface area (Å²) >= 11 is 1.05. The second kappa shape index (κ2) is 10.9. The van der Waals surface area contributed by atoms with Crippen molar-refractivity contribution in [3.05, 3.63) is 111 Å². The van der Waals surface area contributed by atoms with Crippen LogP contribution in [0.5, 0.6) is 11.5 Å². The number of amides is 1. The van der Waals surface area contributed by atoms with Crippen molar-refractivity contribution in [2.24, 2.45) is 0 Å². The summed E-state index contributed by atoms with van der Waals surface area (Å²) in [5, 5.41) is 11.8. The molecule has 8 nitrogen and oxygen atoms in total. The number of benzene rings is 3. The molecule has 0 unspecified atom stereocenters. The molecule has 1 N–H and O–H groups in total. The minimum Gasteiger partial charge on any atom is -0.507 e. The third-order valence-electron chi connectivity index (χ3n) is 7.35. The molecule has 0 radical (unpaired) electrons. The number of ketones is 2. The van der Waals surface area contributed by atoms with Crippen LogP contribution in [-0.4, -0.2) is 33.7 Å². The summed E-state index contributed by atoms with van der Waals surface area (Å²) < 4.78 is 11.8. The zero-order chi connectivity index (χ0) is 29.5. The number of hydrogen-bond donors (Lipinski definition) is 1. The third-order valence-corrected chi connectivity index (χ3v) is 8.60. The first kappa shape index (κ1) is 27.4. The van der Waals surface area contributed by atoms with Crippen molar-refractivity contribution < 1.29 is 29.0 Å². The maximum absolute atomic E-state index is 13.6. The molecule has 212 valence electrons. The molecule has 1 amide bonds. The van der Waals surface area contributed by atoms with Gasteiger partial charge in [-0.15, -0.1) is 0 Å². The first-order valence-electron chi connectivity index (χ1n) is 13.6. The Bertz CT molecular complexity index is 1760. The van der Waals surface area contributed by atoms with Crippen LogP contribution in [0.15, 0.2) is 78.4 Å². The van der Waals surface area contributed by atoms with Gasteiger partial charge in [0.25, 0.3) is 5.78 Å². The summed E-state index contributed by atoms with van der Waals surface area (Å²) in [6.45, 7) is 5.41. The van der Waals surface area contributed by atoms with Crippen LogP contribution >= 0.6 is 11.3 Å². The first-order valence-corrected chi connectivity index (χ1v) is 14.4. The molecule has 2 atom stereocenters. The van der Waals surface area contributed by atoms with E-state index in [1.54, 1.807) is 49.4 Å². The standard InChI is InChI=1S/C33H28N2O6S/c1-18-14-24-15-23(12-13-26(24)41-18)29(37)27-28(22-10-7-11-25(16-22)40-17-21-8-5-4-6-9-21)35(32(39)30(27)38)33-34-19(2)31(42-33)20(3)36/h4-13,15-16,18,28,37H,14,17H2,1-3H3/t18-,28+/m1/s1. The Labute approximate surface area is 246 Å². The molecule has 9 heteroatoms. The van der Waals surface area contributed by atoms with E-state index in [2.05, 4.69) is 4.98 Å². The molecule has 1 aromatic heterocycles. The van der Waals surface area contributed by atoms with Gasteiger partial charge in [-0.3, -0.25) is 19.3 Å². The van der Waals surface area contributed by atoms with Crippen molar-refractivity contribution in [3.63, 3.8) is 0 Å². The van der Waals surface area contributed by atoms with Gasteiger partial charge in [-0.1, -0.05) is 53.8 Å². The lowest BCUT2D eigenvalue weighted by molar-refractivity contribution is -0.132. The number of Topliss-reactive ketones (excluding diaryl/α,β-unsaturated/α-hetero) is 2. The van der Waals surface area contributed by atoms with Crippen molar-refractivity contribution in [3.8, 4) is 11.5 Å². The number of aliphatic hydroxyl groups excluding tert-OH is 1. The number of thiazole rings is 1. The Kier molecular flexibility index (Phi) is 7.12. The van der Waals surface area contributed by atoms with Gasteiger partial charge in [0, 0.05) is 18.9 Å². The summed E-state index contributed by atoms with van der Waals surface area (Å²) in [5.41, 5.74) is 3.26. The number of fused-ring (bicyclic) bond motifs is 1. The molecule has 2 aliphatic rings. The van der Waals surface area contributed by atoms with Gasteiger partial charge in [0.15, 0.2) is 10.9 Å². The fourth-order valence-corrected chi connectivity index (χ4v) is 6.39. The lowest BCUT2D eigenvalue weighted by Gasteiger charge is -2.23. The normalized spacial score (nSPS) is 19.1. The van der Waals surface area contributed by atoms with E-state index < -0.39 is 17.7 Å². The third kappa shape index (κ3) is 4.96. The van der Waals surface area contributed by atoms with Crippen LogP contribution in [0.1, 0.15) is 57.5 Å². The van der Waals surface area contributed by atoms with Gasteiger partial charge in [0.05, 0.1) is 22.2 Å². The molecule has 0 spiro atoms. The smallest absolute Gasteiger partial charge is 0.301 e. The highest BCUT2D eigenvalue weighted by molar-refractivity contribution is 7.18. The quantitative estimate of drug-likeness (QED) is 0.120. The van der Waals surface area contributed by atoms with Crippen LogP contribution in [0.4, 0.5) is 5.13 Å². The molecular formula is C33H28N2O6S. The SMILES string of the molecule is CC(=O)c1sc(N2C(=O)C(=O)C(=C(O)c3ccc4c(c3)C[C@@H](C)O4)[C@@H]2c2cccc(OCc3ccccc3)c2)nc1C. The number of carbonyl (C=O) groups is 3. The predicted octanol–water partition coefficient (Wildman–Crippen LogP) is 6.18.